The summed E-state index contributed by atoms with van der Waals surface area (Å²) in [6.07, 6.45) is 5.47. The highest BCUT2D eigenvalue weighted by Crippen LogP contribution is 2.27. The lowest BCUT2D eigenvalue weighted by Gasteiger charge is -2.23. The zero-order chi connectivity index (χ0) is 20.8. The summed E-state index contributed by atoms with van der Waals surface area (Å²) < 4.78 is 20.7. The molecule has 0 unspecified atom stereocenters. The van der Waals surface area contributed by atoms with Crippen LogP contribution in [0.5, 0.6) is 0 Å². The van der Waals surface area contributed by atoms with Crippen LogP contribution in [0.25, 0.3) is 0 Å². The van der Waals surface area contributed by atoms with Crippen molar-refractivity contribution >= 4 is 11.9 Å². The van der Waals surface area contributed by atoms with Gasteiger partial charge in [0.15, 0.2) is 0 Å². The maximum atomic E-state index is 11.3. The minimum absolute atomic E-state index is 0.0544. The van der Waals surface area contributed by atoms with Crippen LogP contribution in [0, 0.1) is 10.8 Å². The zero-order valence-electron chi connectivity index (χ0n) is 18.2. The molecule has 0 saturated carbocycles. The van der Waals surface area contributed by atoms with Crippen molar-refractivity contribution in [3.8, 4) is 0 Å². The van der Waals surface area contributed by atoms with Gasteiger partial charge in [0, 0.05) is 26.4 Å². The van der Waals surface area contributed by atoms with E-state index in [0.29, 0.717) is 39.3 Å². The first kappa shape index (κ1) is 25.9. The lowest BCUT2D eigenvalue weighted by molar-refractivity contribution is -0.144. The predicted molar refractivity (Wildman–Crippen MR) is 106 cm³/mol. The second-order valence-electron chi connectivity index (χ2n) is 8.62. The minimum Gasteiger partial charge on any atom is -0.469 e. The summed E-state index contributed by atoms with van der Waals surface area (Å²) in [6.45, 7) is 11.1. The van der Waals surface area contributed by atoms with E-state index in [2.05, 4.69) is 27.7 Å². The molecule has 0 aromatic heterocycles. The van der Waals surface area contributed by atoms with Crippen molar-refractivity contribution in [2.24, 2.45) is 10.8 Å². The monoisotopic (exact) mass is 388 g/mol. The van der Waals surface area contributed by atoms with Gasteiger partial charge in [-0.15, -0.1) is 0 Å². The third-order valence-corrected chi connectivity index (χ3v) is 4.56. The molecule has 27 heavy (non-hydrogen) atoms. The molecule has 0 saturated heterocycles. The van der Waals surface area contributed by atoms with Crippen LogP contribution in [-0.2, 0) is 28.5 Å². The first-order valence-electron chi connectivity index (χ1n) is 9.91. The van der Waals surface area contributed by atoms with E-state index in [4.69, 9.17) is 18.9 Å². The topological polar surface area (TPSA) is 71.1 Å². The van der Waals surface area contributed by atoms with Crippen LogP contribution < -0.4 is 0 Å². The molecule has 0 spiro atoms. The van der Waals surface area contributed by atoms with Gasteiger partial charge in [-0.25, -0.2) is 0 Å². The van der Waals surface area contributed by atoms with Gasteiger partial charge in [0.1, 0.15) is 0 Å². The third-order valence-electron chi connectivity index (χ3n) is 4.56. The molecule has 0 aromatic carbocycles. The van der Waals surface area contributed by atoms with Gasteiger partial charge >= 0.3 is 11.9 Å². The number of ether oxygens (including phenoxy) is 4. The lowest BCUT2D eigenvalue weighted by Crippen LogP contribution is -2.19. The van der Waals surface area contributed by atoms with Gasteiger partial charge < -0.3 is 18.9 Å². The summed E-state index contributed by atoms with van der Waals surface area (Å²) >= 11 is 0. The van der Waals surface area contributed by atoms with Gasteiger partial charge in [-0.3, -0.25) is 9.59 Å². The average Bonchev–Trinajstić information content (AvgIpc) is 2.58. The van der Waals surface area contributed by atoms with Crippen LogP contribution in [0.2, 0.25) is 0 Å². The minimum atomic E-state index is -0.160. The van der Waals surface area contributed by atoms with E-state index in [9.17, 15) is 9.59 Å². The molecule has 0 heterocycles. The summed E-state index contributed by atoms with van der Waals surface area (Å²) in [6, 6.07) is 0. The Labute approximate surface area is 165 Å². The van der Waals surface area contributed by atoms with Gasteiger partial charge in [-0.1, -0.05) is 27.7 Å². The second-order valence-corrected chi connectivity index (χ2v) is 8.62. The van der Waals surface area contributed by atoms with Crippen molar-refractivity contribution in [1.82, 2.24) is 0 Å². The molecule has 0 aromatic rings. The van der Waals surface area contributed by atoms with Crippen LogP contribution in [0.1, 0.15) is 72.6 Å². The summed E-state index contributed by atoms with van der Waals surface area (Å²) in [7, 11) is 2.85. The third kappa shape index (κ3) is 15.6. The van der Waals surface area contributed by atoms with Crippen molar-refractivity contribution in [1.29, 1.82) is 0 Å². The first-order valence-corrected chi connectivity index (χ1v) is 9.91. The summed E-state index contributed by atoms with van der Waals surface area (Å²) in [5, 5.41) is 0. The number of rotatable bonds is 16. The molecular weight excluding hydrogens is 348 g/mol. The molecule has 0 aliphatic rings. The lowest BCUT2D eigenvalue weighted by atomic mass is 9.84. The second kappa shape index (κ2) is 13.9. The van der Waals surface area contributed by atoms with Crippen LogP contribution in [0.15, 0.2) is 0 Å². The van der Waals surface area contributed by atoms with Gasteiger partial charge in [-0.2, -0.15) is 0 Å². The van der Waals surface area contributed by atoms with Gasteiger partial charge in [0.05, 0.1) is 27.1 Å². The molecule has 0 bridgehead atoms. The van der Waals surface area contributed by atoms with Crippen molar-refractivity contribution in [3.63, 3.8) is 0 Å². The fraction of sp³-hybridized carbons (Fsp3) is 0.905. The predicted octanol–water partition coefficient (Wildman–Crippen LogP) is 4.15. The largest absolute Gasteiger partial charge is 0.469 e. The molecule has 0 radical (unpaired) electrons. The number of hydrogen-bond donors (Lipinski definition) is 0. The molecule has 0 aliphatic carbocycles. The van der Waals surface area contributed by atoms with E-state index in [1.54, 1.807) is 0 Å². The van der Waals surface area contributed by atoms with E-state index in [1.807, 2.05) is 0 Å². The SMILES string of the molecule is COC(=O)CC(C)(C)CCCOCCCOCCCC(C)(C)CC(=O)OC. The Kier molecular flexibility index (Phi) is 13.4. The molecule has 0 fully saturated rings. The van der Waals surface area contributed by atoms with Crippen LogP contribution >= 0.6 is 0 Å². The highest BCUT2D eigenvalue weighted by Gasteiger charge is 2.22. The fourth-order valence-electron chi connectivity index (χ4n) is 2.88. The van der Waals surface area contributed by atoms with Crippen molar-refractivity contribution in [2.45, 2.75) is 72.6 Å². The van der Waals surface area contributed by atoms with Gasteiger partial charge in [0.25, 0.3) is 0 Å². The number of carbonyl (C=O) groups is 2. The Bertz CT molecular complexity index is 379. The van der Waals surface area contributed by atoms with Gasteiger partial charge in [-0.05, 0) is 42.9 Å². The molecular formula is C21H40O6. The zero-order valence-corrected chi connectivity index (χ0v) is 18.2. The molecule has 0 atom stereocenters. The average molecular weight is 389 g/mol. The van der Waals surface area contributed by atoms with E-state index in [0.717, 1.165) is 32.1 Å². The number of carbonyl (C=O) groups excluding carboxylic acids is 2. The maximum Gasteiger partial charge on any atom is 0.306 e. The van der Waals surface area contributed by atoms with Crippen molar-refractivity contribution in [2.75, 3.05) is 40.6 Å². The van der Waals surface area contributed by atoms with Gasteiger partial charge in [0.2, 0.25) is 0 Å². The summed E-state index contributed by atoms with van der Waals surface area (Å²) in [4.78, 5) is 22.7. The highest BCUT2D eigenvalue weighted by molar-refractivity contribution is 5.70. The summed E-state index contributed by atoms with van der Waals surface area (Å²) in [5.41, 5.74) is -0.109. The smallest absolute Gasteiger partial charge is 0.306 e. The van der Waals surface area contributed by atoms with E-state index in [-0.39, 0.29) is 22.8 Å². The van der Waals surface area contributed by atoms with Crippen LogP contribution in [0.3, 0.4) is 0 Å². The van der Waals surface area contributed by atoms with Crippen LogP contribution in [-0.4, -0.2) is 52.6 Å². The fourth-order valence-corrected chi connectivity index (χ4v) is 2.88. The molecule has 160 valence electrons. The Morgan fingerprint density at radius 2 is 0.963 bits per heavy atom. The highest BCUT2D eigenvalue weighted by atomic mass is 16.5. The van der Waals surface area contributed by atoms with E-state index >= 15 is 0 Å². The molecule has 6 heteroatoms. The van der Waals surface area contributed by atoms with Crippen molar-refractivity contribution < 1.29 is 28.5 Å². The number of methoxy groups -OCH3 is 2. The maximum absolute atomic E-state index is 11.3. The Balaban J connectivity index is 3.53. The van der Waals surface area contributed by atoms with Crippen LogP contribution in [0.4, 0.5) is 0 Å². The van der Waals surface area contributed by atoms with E-state index in [1.165, 1.54) is 14.2 Å². The van der Waals surface area contributed by atoms with E-state index < -0.39 is 0 Å². The Hall–Kier alpha value is -1.14. The molecule has 0 amide bonds. The number of esters is 2. The summed E-state index contributed by atoms with van der Waals surface area (Å²) in [5.74, 6) is -0.321. The molecule has 0 rings (SSSR count). The Morgan fingerprint density at radius 3 is 1.30 bits per heavy atom. The standard InChI is InChI=1S/C21H40O6/c1-20(2,16-18(22)24-5)10-7-12-26-14-9-15-27-13-8-11-21(3,4)17-19(23)25-6/h7-17H2,1-6H3. The normalized spacial score (nSPS) is 12.1. The van der Waals surface area contributed by atoms with Crippen molar-refractivity contribution in [3.05, 3.63) is 0 Å². The quantitative estimate of drug-likeness (QED) is 0.292. The molecule has 6 nitrogen and oxygen atoms in total. The molecule has 0 N–H and O–H groups in total. The first-order chi connectivity index (χ1) is 12.6. The number of hydrogen-bond acceptors (Lipinski definition) is 6. The molecule has 0 aliphatic heterocycles. The Morgan fingerprint density at radius 1 is 0.630 bits per heavy atom.